The Morgan fingerprint density at radius 2 is 1.19 bits per heavy atom. The molecule has 0 aromatic carbocycles. The maximum atomic E-state index is 12.6. The van der Waals surface area contributed by atoms with Crippen LogP contribution in [0.25, 0.3) is 0 Å². The van der Waals surface area contributed by atoms with E-state index in [1.165, 1.54) is 70.6 Å². The largest absolute Gasteiger partial charge is 0.756 e. The molecular formula is C44H80NO8P. The van der Waals surface area contributed by atoms with E-state index in [1.807, 2.05) is 34.1 Å². The molecule has 10 heteroatoms. The highest BCUT2D eigenvalue weighted by Crippen LogP contribution is 2.38. The molecule has 0 rings (SSSR count). The first kappa shape index (κ1) is 52.0. The van der Waals surface area contributed by atoms with Crippen LogP contribution in [0.4, 0.5) is 0 Å². The molecule has 0 aliphatic heterocycles. The second kappa shape index (κ2) is 36.6. The number of allylic oxidation sites excluding steroid dienone is 9. The molecule has 0 amide bonds. The van der Waals surface area contributed by atoms with Crippen molar-refractivity contribution in [3.63, 3.8) is 0 Å². The summed E-state index contributed by atoms with van der Waals surface area (Å²) in [5, 5.41) is 9.27. The fourth-order valence-electron chi connectivity index (χ4n) is 5.35. The number of aliphatic hydroxyl groups excluding tert-OH is 1. The molecule has 0 aliphatic carbocycles. The van der Waals surface area contributed by atoms with E-state index in [-0.39, 0.29) is 32.3 Å². The first-order chi connectivity index (χ1) is 25.9. The predicted molar refractivity (Wildman–Crippen MR) is 223 cm³/mol. The van der Waals surface area contributed by atoms with Gasteiger partial charge in [0, 0.05) is 6.42 Å². The number of esters is 1. The van der Waals surface area contributed by atoms with Crippen LogP contribution in [-0.4, -0.2) is 75.3 Å². The topological polar surface area (TPSA) is 114 Å². The third-order valence-corrected chi connectivity index (χ3v) is 9.62. The molecule has 0 aliphatic rings. The minimum Gasteiger partial charge on any atom is -0.756 e. The van der Waals surface area contributed by atoms with Crippen molar-refractivity contribution in [1.82, 2.24) is 0 Å². The maximum Gasteiger partial charge on any atom is 0.306 e. The van der Waals surface area contributed by atoms with Crippen molar-refractivity contribution in [2.75, 3.05) is 47.5 Å². The zero-order valence-electron chi connectivity index (χ0n) is 35.0. The van der Waals surface area contributed by atoms with Crippen LogP contribution in [0.2, 0.25) is 0 Å². The molecule has 3 atom stereocenters. The zero-order valence-corrected chi connectivity index (χ0v) is 35.9. The summed E-state index contributed by atoms with van der Waals surface area (Å²) in [6, 6.07) is 0. The number of likely N-dealkylation sites (N-methyl/N-ethyl adjacent to an activating group) is 1. The molecule has 0 saturated heterocycles. The number of aliphatic hydroxyl groups is 1. The summed E-state index contributed by atoms with van der Waals surface area (Å²) in [7, 11) is 1.26. The van der Waals surface area contributed by atoms with Crippen LogP contribution < -0.4 is 4.89 Å². The molecule has 0 bridgehead atoms. The van der Waals surface area contributed by atoms with Gasteiger partial charge in [-0.1, -0.05) is 126 Å². The highest BCUT2D eigenvalue weighted by molar-refractivity contribution is 7.45. The van der Waals surface area contributed by atoms with Gasteiger partial charge in [-0.25, -0.2) is 0 Å². The summed E-state index contributed by atoms with van der Waals surface area (Å²) in [5.74, 6) is -0.422. The molecule has 0 saturated carbocycles. The zero-order chi connectivity index (χ0) is 40.0. The van der Waals surface area contributed by atoms with Gasteiger partial charge in [-0.2, -0.15) is 0 Å². The summed E-state index contributed by atoms with van der Waals surface area (Å²) >= 11 is 0. The van der Waals surface area contributed by atoms with E-state index in [0.717, 1.165) is 57.8 Å². The number of rotatable bonds is 38. The quantitative estimate of drug-likeness (QED) is 0.0164. The van der Waals surface area contributed by atoms with Crippen LogP contribution in [-0.2, 0) is 27.9 Å². The van der Waals surface area contributed by atoms with Gasteiger partial charge in [0.15, 0.2) is 6.10 Å². The highest BCUT2D eigenvalue weighted by atomic mass is 31.2. The van der Waals surface area contributed by atoms with Gasteiger partial charge in [0.2, 0.25) is 0 Å². The Balaban J connectivity index is 4.43. The van der Waals surface area contributed by atoms with E-state index >= 15 is 0 Å². The van der Waals surface area contributed by atoms with E-state index in [4.69, 9.17) is 18.5 Å². The van der Waals surface area contributed by atoms with Gasteiger partial charge in [-0.3, -0.25) is 9.36 Å². The van der Waals surface area contributed by atoms with Crippen molar-refractivity contribution in [3.05, 3.63) is 60.9 Å². The molecule has 0 heterocycles. The van der Waals surface area contributed by atoms with Crippen LogP contribution in [0.3, 0.4) is 0 Å². The average Bonchev–Trinajstić information content (AvgIpc) is 3.10. The van der Waals surface area contributed by atoms with Gasteiger partial charge in [-0.15, -0.1) is 0 Å². The molecule has 0 spiro atoms. The van der Waals surface area contributed by atoms with Gasteiger partial charge < -0.3 is 33.0 Å². The Morgan fingerprint density at radius 3 is 1.72 bits per heavy atom. The smallest absolute Gasteiger partial charge is 0.306 e. The predicted octanol–water partition coefficient (Wildman–Crippen LogP) is 10.8. The lowest BCUT2D eigenvalue weighted by atomic mass is 10.0. The summed E-state index contributed by atoms with van der Waals surface area (Å²) < 4.78 is 34.2. The molecule has 54 heavy (non-hydrogen) atoms. The Bertz CT molecular complexity index is 1060. The molecular weight excluding hydrogens is 701 g/mol. The lowest BCUT2D eigenvalue weighted by Gasteiger charge is -2.28. The number of phosphoric acid groups is 1. The van der Waals surface area contributed by atoms with Crippen LogP contribution >= 0.6 is 7.82 Å². The number of quaternary nitrogens is 1. The van der Waals surface area contributed by atoms with Gasteiger partial charge >= 0.3 is 5.97 Å². The van der Waals surface area contributed by atoms with E-state index < -0.39 is 19.9 Å². The molecule has 314 valence electrons. The third kappa shape index (κ3) is 41.2. The number of nitrogens with zero attached hydrogens (tertiary/aromatic N) is 1. The molecule has 0 aromatic heterocycles. The van der Waals surface area contributed by atoms with E-state index in [1.54, 1.807) is 6.26 Å². The minimum absolute atomic E-state index is 0.00139. The summed E-state index contributed by atoms with van der Waals surface area (Å²) in [6.07, 6.45) is 43.2. The van der Waals surface area contributed by atoms with Crippen molar-refractivity contribution in [3.8, 4) is 0 Å². The van der Waals surface area contributed by atoms with Crippen molar-refractivity contribution in [2.45, 2.75) is 167 Å². The Labute approximate surface area is 331 Å². The molecule has 0 fully saturated rings. The van der Waals surface area contributed by atoms with Crippen molar-refractivity contribution in [1.29, 1.82) is 0 Å². The second-order valence-corrected chi connectivity index (χ2v) is 16.8. The highest BCUT2D eigenvalue weighted by Gasteiger charge is 2.20. The number of carbonyl (C=O) groups excluding carboxylic acids is 1. The van der Waals surface area contributed by atoms with Crippen molar-refractivity contribution in [2.24, 2.45) is 0 Å². The van der Waals surface area contributed by atoms with E-state index in [2.05, 4.69) is 55.5 Å². The number of carbonyl (C=O) groups is 1. The number of phosphoric ester groups is 1. The van der Waals surface area contributed by atoms with Crippen LogP contribution in [0, 0.1) is 0 Å². The summed E-state index contributed by atoms with van der Waals surface area (Å²) in [6.45, 7) is 4.20. The molecule has 9 nitrogen and oxygen atoms in total. The fourth-order valence-corrected chi connectivity index (χ4v) is 6.07. The number of ether oxygens (including phenoxy) is 2. The SMILES string of the molecule is CCCCCCCCCCCCCC/C=C/OC[C@H](COP(=O)([O-])OCC[N+](C)(C)C)OC(=O)CCC/C=C\C/C=C\C/C=C\C/C=C\CCC[C@H](C)O. The molecule has 0 aromatic rings. The first-order valence-corrected chi connectivity index (χ1v) is 22.6. The Hall–Kier alpha value is -2.00. The normalized spacial score (nSPS) is 14.9. The lowest BCUT2D eigenvalue weighted by molar-refractivity contribution is -0.870. The van der Waals surface area contributed by atoms with Gasteiger partial charge in [-0.05, 0) is 77.2 Å². The monoisotopic (exact) mass is 782 g/mol. The van der Waals surface area contributed by atoms with E-state index in [9.17, 15) is 19.4 Å². The van der Waals surface area contributed by atoms with Crippen LogP contribution in [0.15, 0.2) is 60.9 Å². The Kier molecular flexibility index (Phi) is 35.3. The standard InChI is InChI=1S/C44H80NO8P/c1-6-7-8-9-10-11-12-13-19-22-25-28-31-34-38-50-40-43(41-52-54(48,49)51-39-37-45(3,4)5)53-44(47)36-33-30-27-24-21-18-16-14-15-17-20-23-26-29-32-35-42(2)46/h15-18,23-24,26-27,34,38,42-43,46H,6-14,19-22,25,28-33,35-37,39-41H2,1-5H3/b17-15-,18-16-,26-23-,27-24-,38-34+/t42-,43+/m0/s1. The van der Waals surface area contributed by atoms with Crippen LogP contribution in [0.1, 0.15) is 155 Å². The molecule has 1 unspecified atom stereocenters. The minimum atomic E-state index is -4.56. The number of hydrogen-bond acceptors (Lipinski definition) is 8. The van der Waals surface area contributed by atoms with Gasteiger partial charge in [0.1, 0.15) is 19.8 Å². The van der Waals surface area contributed by atoms with Crippen molar-refractivity contribution >= 4 is 13.8 Å². The third-order valence-electron chi connectivity index (χ3n) is 8.65. The van der Waals surface area contributed by atoms with Crippen molar-refractivity contribution < 1.29 is 42.4 Å². The fraction of sp³-hybridized carbons (Fsp3) is 0.750. The number of hydrogen-bond donors (Lipinski definition) is 1. The molecule has 0 radical (unpaired) electrons. The van der Waals surface area contributed by atoms with Gasteiger partial charge in [0.25, 0.3) is 7.82 Å². The van der Waals surface area contributed by atoms with E-state index in [0.29, 0.717) is 17.4 Å². The van der Waals surface area contributed by atoms with Crippen LogP contribution in [0.5, 0.6) is 0 Å². The van der Waals surface area contributed by atoms with Gasteiger partial charge in [0.05, 0.1) is 40.1 Å². The lowest BCUT2D eigenvalue weighted by Crippen LogP contribution is -2.37. The Morgan fingerprint density at radius 1 is 0.685 bits per heavy atom. The molecule has 1 N–H and O–H groups in total. The average molecular weight is 782 g/mol. The number of unbranched alkanes of at least 4 members (excludes halogenated alkanes) is 14. The maximum absolute atomic E-state index is 12.6. The summed E-state index contributed by atoms with van der Waals surface area (Å²) in [5.41, 5.74) is 0. The second-order valence-electron chi connectivity index (χ2n) is 15.3. The first-order valence-electron chi connectivity index (χ1n) is 21.1. The summed E-state index contributed by atoms with van der Waals surface area (Å²) in [4.78, 5) is 25.0.